The molecule has 0 aliphatic heterocycles. The van der Waals surface area contributed by atoms with Crippen LogP contribution in [0.2, 0.25) is 0 Å². The Morgan fingerprint density at radius 3 is 2.54 bits per heavy atom. The Morgan fingerprint density at radius 2 is 1.88 bits per heavy atom. The van der Waals surface area contributed by atoms with Gasteiger partial charge in [-0.25, -0.2) is 9.78 Å². The minimum absolute atomic E-state index is 0.236. The Bertz CT molecular complexity index is 945. The van der Waals surface area contributed by atoms with Crippen LogP contribution in [0.25, 0.3) is 11.0 Å². The predicted molar refractivity (Wildman–Crippen MR) is 89.4 cm³/mol. The SMILES string of the molecule is COC(=O)c1ccc2ncc(=O)n(Cc3ccc(OC)cc3)c2c1. The molecule has 3 aromatic rings. The molecule has 0 amide bonds. The summed E-state index contributed by atoms with van der Waals surface area (Å²) in [6.45, 7) is 0.368. The van der Waals surface area contributed by atoms with Crippen molar-refractivity contribution in [2.24, 2.45) is 0 Å². The third-order valence-electron chi connectivity index (χ3n) is 3.77. The minimum atomic E-state index is -0.454. The molecule has 0 radical (unpaired) electrons. The summed E-state index contributed by atoms with van der Waals surface area (Å²) in [6, 6.07) is 12.4. The summed E-state index contributed by atoms with van der Waals surface area (Å²) in [5.74, 6) is 0.294. The quantitative estimate of drug-likeness (QED) is 0.688. The van der Waals surface area contributed by atoms with Crippen LogP contribution in [-0.2, 0) is 11.3 Å². The lowest BCUT2D eigenvalue weighted by Gasteiger charge is -2.11. The standard InChI is InChI=1S/C18H16N2O4/c1-23-14-6-3-12(4-7-14)11-20-16-9-13(18(22)24-2)5-8-15(16)19-10-17(20)21/h3-10H,11H2,1-2H3. The second-order valence-corrected chi connectivity index (χ2v) is 5.23. The Kier molecular flexibility index (Phi) is 4.29. The fourth-order valence-electron chi connectivity index (χ4n) is 2.48. The van der Waals surface area contributed by atoms with Gasteiger partial charge in [0, 0.05) is 0 Å². The lowest BCUT2D eigenvalue weighted by atomic mass is 10.1. The van der Waals surface area contributed by atoms with Crippen molar-refractivity contribution in [3.63, 3.8) is 0 Å². The average molecular weight is 324 g/mol. The summed E-state index contributed by atoms with van der Waals surface area (Å²) in [4.78, 5) is 28.1. The monoisotopic (exact) mass is 324 g/mol. The molecule has 0 bridgehead atoms. The van der Waals surface area contributed by atoms with E-state index < -0.39 is 5.97 Å². The largest absolute Gasteiger partial charge is 0.497 e. The van der Waals surface area contributed by atoms with Crippen molar-refractivity contribution in [2.75, 3.05) is 14.2 Å². The van der Waals surface area contributed by atoms with Gasteiger partial charge in [0.15, 0.2) is 0 Å². The van der Waals surface area contributed by atoms with Crippen LogP contribution in [0.3, 0.4) is 0 Å². The van der Waals surface area contributed by atoms with Crippen LogP contribution in [0.15, 0.2) is 53.5 Å². The van der Waals surface area contributed by atoms with Gasteiger partial charge >= 0.3 is 5.97 Å². The normalized spacial score (nSPS) is 10.6. The van der Waals surface area contributed by atoms with Crippen molar-refractivity contribution >= 4 is 17.0 Å². The summed E-state index contributed by atoms with van der Waals surface area (Å²) in [5, 5.41) is 0. The molecule has 0 N–H and O–H groups in total. The zero-order valence-corrected chi connectivity index (χ0v) is 13.4. The maximum atomic E-state index is 12.3. The van der Waals surface area contributed by atoms with E-state index in [0.29, 0.717) is 23.1 Å². The summed E-state index contributed by atoms with van der Waals surface area (Å²) in [5.41, 5.74) is 2.30. The van der Waals surface area contributed by atoms with E-state index in [2.05, 4.69) is 4.98 Å². The number of nitrogens with zero attached hydrogens (tertiary/aromatic N) is 2. The zero-order valence-electron chi connectivity index (χ0n) is 13.4. The van der Waals surface area contributed by atoms with Gasteiger partial charge in [0.1, 0.15) is 5.75 Å². The molecular formula is C18H16N2O4. The van der Waals surface area contributed by atoms with Crippen molar-refractivity contribution in [3.8, 4) is 5.75 Å². The van der Waals surface area contributed by atoms with Gasteiger partial charge in [-0.1, -0.05) is 12.1 Å². The summed E-state index contributed by atoms with van der Waals surface area (Å²) >= 11 is 0. The van der Waals surface area contributed by atoms with E-state index in [1.54, 1.807) is 29.9 Å². The van der Waals surface area contributed by atoms with Gasteiger partial charge in [-0.15, -0.1) is 0 Å². The molecule has 0 saturated carbocycles. The van der Waals surface area contributed by atoms with Crippen molar-refractivity contribution in [2.45, 2.75) is 6.54 Å². The molecule has 0 aliphatic rings. The van der Waals surface area contributed by atoms with Gasteiger partial charge < -0.3 is 14.0 Å². The van der Waals surface area contributed by atoms with Crippen LogP contribution in [0.5, 0.6) is 5.75 Å². The number of rotatable bonds is 4. The first-order chi connectivity index (χ1) is 11.6. The summed E-state index contributed by atoms with van der Waals surface area (Å²) in [7, 11) is 2.92. The van der Waals surface area contributed by atoms with Gasteiger partial charge in [-0.2, -0.15) is 0 Å². The van der Waals surface area contributed by atoms with Crippen LogP contribution in [0.1, 0.15) is 15.9 Å². The molecule has 6 heteroatoms. The Labute approximate surface area is 138 Å². The number of ether oxygens (including phenoxy) is 2. The number of aromatic nitrogens is 2. The molecular weight excluding hydrogens is 308 g/mol. The zero-order chi connectivity index (χ0) is 17.1. The molecule has 122 valence electrons. The molecule has 0 unspecified atom stereocenters. The average Bonchev–Trinajstić information content (AvgIpc) is 2.63. The van der Waals surface area contributed by atoms with Crippen LogP contribution in [0, 0.1) is 0 Å². The van der Waals surface area contributed by atoms with Gasteiger partial charge in [0.25, 0.3) is 5.56 Å². The molecule has 0 saturated heterocycles. The van der Waals surface area contributed by atoms with Crippen molar-refractivity contribution in [1.82, 2.24) is 9.55 Å². The molecule has 0 fully saturated rings. The summed E-state index contributed by atoms with van der Waals surface area (Å²) < 4.78 is 11.5. The predicted octanol–water partition coefficient (Wildman–Crippen LogP) is 2.24. The number of esters is 1. The topological polar surface area (TPSA) is 70.4 Å². The first kappa shape index (κ1) is 15.7. The van der Waals surface area contributed by atoms with Crippen LogP contribution < -0.4 is 10.3 Å². The fraction of sp³-hybridized carbons (Fsp3) is 0.167. The van der Waals surface area contributed by atoms with Crippen molar-refractivity contribution in [3.05, 3.63) is 70.1 Å². The number of carbonyl (C=O) groups excluding carboxylic acids is 1. The van der Waals surface area contributed by atoms with E-state index in [1.165, 1.54) is 13.3 Å². The lowest BCUT2D eigenvalue weighted by Crippen LogP contribution is -2.21. The Morgan fingerprint density at radius 1 is 1.12 bits per heavy atom. The smallest absolute Gasteiger partial charge is 0.337 e. The van der Waals surface area contributed by atoms with Crippen LogP contribution in [-0.4, -0.2) is 29.7 Å². The maximum Gasteiger partial charge on any atom is 0.337 e. The van der Waals surface area contributed by atoms with E-state index in [4.69, 9.17) is 9.47 Å². The Hall–Kier alpha value is -3.15. The molecule has 2 aromatic carbocycles. The molecule has 3 rings (SSSR count). The first-order valence-electron chi connectivity index (χ1n) is 7.33. The van der Waals surface area contributed by atoms with E-state index >= 15 is 0 Å². The van der Waals surface area contributed by atoms with Gasteiger partial charge in [0.05, 0.1) is 43.6 Å². The first-order valence-corrected chi connectivity index (χ1v) is 7.33. The highest BCUT2D eigenvalue weighted by Gasteiger charge is 2.10. The summed E-state index contributed by atoms with van der Waals surface area (Å²) in [6.07, 6.45) is 1.28. The minimum Gasteiger partial charge on any atom is -0.497 e. The van der Waals surface area contributed by atoms with E-state index in [0.717, 1.165) is 11.3 Å². The van der Waals surface area contributed by atoms with Gasteiger partial charge in [-0.05, 0) is 35.9 Å². The maximum absolute atomic E-state index is 12.3. The number of fused-ring (bicyclic) bond motifs is 1. The Balaban J connectivity index is 2.08. The van der Waals surface area contributed by atoms with Gasteiger partial charge in [-0.3, -0.25) is 4.79 Å². The molecule has 1 heterocycles. The van der Waals surface area contributed by atoms with E-state index in [9.17, 15) is 9.59 Å². The second kappa shape index (κ2) is 6.54. The highest BCUT2D eigenvalue weighted by Crippen LogP contribution is 2.16. The highest BCUT2D eigenvalue weighted by atomic mass is 16.5. The van der Waals surface area contributed by atoms with E-state index in [-0.39, 0.29) is 5.56 Å². The third kappa shape index (κ3) is 2.99. The molecule has 0 atom stereocenters. The molecule has 1 aromatic heterocycles. The molecule has 24 heavy (non-hydrogen) atoms. The molecule has 0 spiro atoms. The third-order valence-corrected chi connectivity index (χ3v) is 3.77. The molecule has 0 aliphatic carbocycles. The van der Waals surface area contributed by atoms with Gasteiger partial charge in [0.2, 0.25) is 0 Å². The molecule has 6 nitrogen and oxygen atoms in total. The van der Waals surface area contributed by atoms with Crippen LogP contribution in [0.4, 0.5) is 0 Å². The number of carbonyl (C=O) groups is 1. The fourth-order valence-corrected chi connectivity index (χ4v) is 2.48. The van der Waals surface area contributed by atoms with Crippen molar-refractivity contribution in [1.29, 1.82) is 0 Å². The number of methoxy groups -OCH3 is 2. The number of hydrogen-bond acceptors (Lipinski definition) is 5. The van der Waals surface area contributed by atoms with Crippen LogP contribution >= 0.6 is 0 Å². The lowest BCUT2D eigenvalue weighted by molar-refractivity contribution is 0.0601. The number of benzene rings is 2. The van der Waals surface area contributed by atoms with E-state index in [1.807, 2.05) is 24.3 Å². The number of hydrogen-bond donors (Lipinski definition) is 0. The highest BCUT2D eigenvalue weighted by molar-refractivity contribution is 5.93. The second-order valence-electron chi connectivity index (χ2n) is 5.23. The van der Waals surface area contributed by atoms with Crippen molar-refractivity contribution < 1.29 is 14.3 Å².